The number of halogens is 2. The first-order valence-electron chi connectivity index (χ1n) is 19.2. The SMILES string of the molecule is CCCCN(CCCC)c1nccc(-c2ccc(C(=O)NS(=O)(=O)c3ccc4c(ccn4Cc4ccc(Cl)c(Cl)c4)c3)cc2C(=O)N2CCc3ccccc3C2)n1. The number of amides is 2. The van der Waals surface area contributed by atoms with Gasteiger partial charge in [0.15, 0.2) is 0 Å². The van der Waals surface area contributed by atoms with Gasteiger partial charge in [-0.1, -0.05) is 86.3 Å². The van der Waals surface area contributed by atoms with Crippen molar-refractivity contribution in [2.24, 2.45) is 0 Å². The molecule has 0 radical (unpaired) electrons. The molecular weight excluding hydrogens is 779 g/mol. The lowest BCUT2D eigenvalue weighted by molar-refractivity contribution is 0.0735. The highest BCUT2D eigenvalue weighted by molar-refractivity contribution is 7.90. The molecule has 0 atom stereocenters. The van der Waals surface area contributed by atoms with E-state index in [4.69, 9.17) is 28.2 Å². The molecule has 0 bridgehead atoms. The zero-order chi connectivity index (χ0) is 40.1. The molecule has 2 aromatic heterocycles. The number of hydrogen-bond acceptors (Lipinski definition) is 7. The van der Waals surface area contributed by atoms with Crippen molar-refractivity contribution in [2.75, 3.05) is 24.5 Å². The first kappa shape index (κ1) is 40.0. The van der Waals surface area contributed by atoms with Gasteiger partial charge in [-0.05, 0) is 90.6 Å². The summed E-state index contributed by atoms with van der Waals surface area (Å²) < 4.78 is 31.6. The second-order valence-corrected chi connectivity index (χ2v) is 16.8. The quantitative estimate of drug-likeness (QED) is 0.116. The number of nitrogens with one attached hydrogen (secondary N) is 1. The minimum Gasteiger partial charge on any atom is -0.343 e. The van der Waals surface area contributed by atoms with Crippen molar-refractivity contribution in [2.45, 2.75) is 63.9 Å². The normalized spacial score (nSPS) is 12.7. The maximum absolute atomic E-state index is 14.5. The summed E-state index contributed by atoms with van der Waals surface area (Å²) in [5.74, 6) is -0.554. The lowest BCUT2D eigenvalue weighted by Crippen LogP contribution is -2.36. The third-order valence-electron chi connectivity index (χ3n) is 10.3. The smallest absolute Gasteiger partial charge is 0.265 e. The monoisotopic (exact) mass is 822 g/mol. The van der Waals surface area contributed by atoms with E-state index in [1.54, 1.807) is 41.4 Å². The highest BCUT2D eigenvalue weighted by atomic mass is 35.5. The number of anilines is 1. The van der Waals surface area contributed by atoms with Crippen LogP contribution in [-0.2, 0) is 29.5 Å². The van der Waals surface area contributed by atoms with Gasteiger partial charge in [-0.3, -0.25) is 9.59 Å². The number of fused-ring (bicyclic) bond motifs is 2. The molecule has 4 aromatic carbocycles. The molecule has 1 aliphatic rings. The third-order valence-corrected chi connectivity index (χ3v) is 12.4. The zero-order valence-electron chi connectivity index (χ0n) is 31.9. The summed E-state index contributed by atoms with van der Waals surface area (Å²) in [6.07, 6.45) is 8.29. The Kier molecular flexibility index (Phi) is 12.3. The predicted octanol–water partition coefficient (Wildman–Crippen LogP) is 9.18. The van der Waals surface area contributed by atoms with Crippen LogP contribution in [0.4, 0.5) is 5.95 Å². The van der Waals surface area contributed by atoms with Crippen molar-refractivity contribution < 1.29 is 18.0 Å². The average Bonchev–Trinajstić information content (AvgIpc) is 3.63. The lowest BCUT2D eigenvalue weighted by atomic mass is 9.96. The van der Waals surface area contributed by atoms with Crippen LogP contribution in [0.1, 0.15) is 76.9 Å². The highest BCUT2D eigenvalue weighted by Crippen LogP contribution is 2.30. The minimum atomic E-state index is -4.30. The molecule has 0 spiro atoms. The maximum Gasteiger partial charge on any atom is 0.265 e. The minimum absolute atomic E-state index is 0.0266. The van der Waals surface area contributed by atoms with Gasteiger partial charge in [0.2, 0.25) is 5.95 Å². The summed E-state index contributed by atoms with van der Waals surface area (Å²) in [7, 11) is -4.30. The summed E-state index contributed by atoms with van der Waals surface area (Å²) in [4.78, 5) is 41.7. The molecule has 0 fully saturated rings. The topological polar surface area (TPSA) is 118 Å². The van der Waals surface area contributed by atoms with Gasteiger partial charge in [-0.15, -0.1) is 0 Å². The van der Waals surface area contributed by atoms with Crippen LogP contribution in [0.2, 0.25) is 10.0 Å². The number of nitrogens with zero attached hydrogens (tertiary/aromatic N) is 5. The number of carbonyl (C=O) groups is 2. The molecule has 13 heteroatoms. The summed E-state index contributed by atoms with van der Waals surface area (Å²) in [5, 5.41) is 1.60. The molecule has 2 amide bonds. The number of unbranched alkanes of at least 4 members (excludes halogenated alkanes) is 2. The Morgan fingerprint density at radius 3 is 2.39 bits per heavy atom. The van der Waals surface area contributed by atoms with Crippen LogP contribution >= 0.6 is 23.2 Å². The maximum atomic E-state index is 14.5. The van der Waals surface area contributed by atoms with Gasteiger partial charge in [0.05, 0.1) is 20.6 Å². The molecule has 0 saturated carbocycles. The van der Waals surface area contributed by atoms with Gasteiger partial charge in [-0.25, -0.2) is 23.1 Å². The van der Waals surface area contributed by atoms with E-state index in [9.17, 15) is 18.0 Å². The Bertz CT molecular complexity index is 2550. The highest BCUT2D eigenvalue weighted by Gasteiger charge is 2.27. The van der Waals surface area contributed by atoms with Gasteiger partial charge in [0.25, 0.3) is 21.8 Å². The molecule has 7 rings (SSSR count). The molecule has 0 unspecified atom stereocenters. The Morgan fingerprint density at radius 2 is 1.63 bits per heavy atom. The van der Waals surface area contributed by atoms with Crippen LogP contribution in [0, 0.1) is 0 Å². The van der Waals surface area contributed by atoms with Crippen molar-refractivity contribution in [3.63, 3.8) is 0 Å². The van der Waals surface area contributed by atoms with E-state index in [1.165, 1.54) is 29.8 Å². The average molecular weight is 824 g/mol. The van der Waals surface area contributed by atoms with Crippen molar-refractivity contribution >= 4 is 61.9 Å². The summed E-state index contributed by atoms with van der Waals surface area (Å²) >= 11 is 12.3. The van der Waals surface area contributed by atoms with E-state index in [1.807, 2.05) is 41.1 Å². The number of aromatic nitrogens is 3. The van der Waals surface area contributed by atoms with Crippen molar-refractivity contribution in [3.8, 4) is 11.3 Å². The number of sulfonamides is 1. The van der Waals surface area contributed by atoms with Gasteiger partial charge < -0.3 is 14.4 Å². The first-order valence-corrected chi connectivity index (χ1v) is 21.5. The fourth-order valence-electron chi connectivity index (χ4n) is 7.14. The van der Waals surface area contributed by atoms with Crippen molar-refractivity contribution in [3.05, 3.63) is 141 Å². The van der Waals surface area contributed by atoms with E-state index < -0.39 is 15.9 Å². The third kappa shape index (κ3) is 9.01. The van der Waals surface area contributed by atoms with Gasteiger partial charge in [0.1, 0.15) is 0 Å². The van der Waals surface area contributed by atoms with E-state index >= 15 is 0 Å². The van der Waals surface area contributed by atoms with E-state index in [0.717, 1.165) is 55.4 Å². The number of carbonyl (C=O) groups excluding carboxylic acids is 2. The van der Waals surface area contributed by atoms with Crippen LogP contribution < -0.4 is 9.62 Å². The molecule has 294 valence electrons. The van der Waals surface area contributed by atoms with Gasteiger partial charge in [-0.2, -0.15) is 0 Å². The standard InChI is InChI=1S/C44H44Cl2N6O4S/c1-3-5-21-50(22-6-4-2)44-47-20-17-40(48-44)36-14-12-33(27-37(36)43(54)52-24-18-31-9-7-8-10-34(31)29-52)42(53)49-57(55,56)35-13-16-41-32(26-35)19-23-51(41)28-30-11-15-38(45)39(46)25-30/h7-17,19-20,23,25-27H,3-6,18,21-22,24,28-29H2,1-2H3,(H,49,53). The fourth-order valence-corrected chi connectivity index (χ4v) is 8.47. The number of rotatable bonds is 14. The van der Waals surface area contributed by atoms with Crippen LogP contribution in [0.3, 0.4) is 0 Å². The fraction of sp³-hybridized carbons (Fsp3) is 0.273. The number of benzene rings is 4. The molecule has 10 nitrogen and oxygen atoms in total. The Balaban J connectivity index is 1.18. The largest absolute Gasteiger partial charge is 0.343 e. The van der Waals surface area contributed by atoms with Crippen molar-refractivity contribution in [1.82, 2.24) is 24.2 Å². The van der Waals surface area contributed by atoms with E-state index in [0.29, 0.717) is 58.7 Å². The molecule has 6 aromatic rings. The van der Waals surface area contributed by atoms with Crippen LogP contribution in [0.15, 0.2) is 108 Å². The Morgan fingerprint density at radius 1 is 0.860 bits per heavy atom. The Hall–Kier alpha value is -5.23. The van der Waals surface area contributed by atoms with Crippen LogP contribution in [-0.4, -0.2) is 59.3 Å². The molecule has 57 heavy (non-hydrogen) atoms. The summed E-state index contributed by atoms with van der Waals surface area (Å²) in [6.45, 7) is 7.31. The van der Waals surface area contributed by atoms with E-state index in [2.05, 4.69) is 34.5 Å². The molecule has 1 N–H and O–H groups in total. The number of hydrogen-bond donors (Lipinski definition) is 1. The van der Waals surface area contributed by atoms with E-state index in [-0.39, 0.29) is 21.9 Å². The van der Waals surface area contributed by atoms with Gasteiger partial charge >= 0.3 is 0 Å². The zero-order valence-corrected chi connectivity index (χ0v) is 34.2. The van der Waals surface area contributed by atoms with Crippen LogP contribution in [0.5, 0.6) is 0 Å². The summed E-state index contributed by atoms with van der Waals surface area (Å²) in [5.41, 5.74) is 5.34. The molecule has 0 aliphatic carbocycles. The second kappa shape index (κ2) is 17.5. The van der Waals surface area contributed by atoms with Crippen molar-refractivity contribution in [1.29, 1.82) is 0 Å². The van der Waals surface area contributed by atoms with Gasteiger partial charge in [0, 0.05) is 72.7 Å². The first-order chi connectivity index (χ1) is 27.5. The second-order valence-electron chi connectivity index (χ2n) is 14.3. The lowest BCUT2D eigenvalue weighted by Gasteiger charge is -2.29. The molecule has 3 heterocycles. The molecular formula is C44H44Cl2N6O4S. The van der Waals surface area contributed by atoms with Crippen LogP contribution in [0.25, 0.3) is 22.2 Å². The summed E-state index contributed by atoms with van der Waals surface area (Å²) in [6, 6.07) is 26.4. The predicted molar refractivity (Wildman–Crippen MR) is 227 cm³/mol. The molecule has 1 aliphatic heterocycles. The Labute approximate surface area is 343 Å². The molecule has 0 saturated heterocycles.